The van der Waals surface area contributed by atoms with Crippen molar-refractivity contribution in [3.05, 3.63) is 23.4 Å². The molecule has 0 spiro atoms. The van der Waals surface area contributed by atoms with Gasteiger partial charge in [-0.3, -0.25) is 0 Å². The molecule has 2 rings (SSSR count). The van der Waals surface area contributed by atoms with Gasteiger partial charge in [0.25, 0.3) is 0 Å². The van der Waals surface area contributed by atoms with Crippen LogP contribution in [-0.4, -0.2) is 24.1 Å². The average Bonchev–Trinajstić information content (AvgIpc) is 2.36. The number of pyridine rings is 1. The zero-order chi connectivity index (χ0) is 14.5. The van der Waals surface area contributed by atoms with Crippen LogP contribution in [0.25, 0.3) is 0 Å². The minimum Gasteiger partial charge on any atom is -0.357 e. The number of rotatable bonds is 7. The second-order valence-electron chi connectivity index (χ2n) is 6.29. The van der Waals surface area contributed by atoms with E-state index in [9.17, 15) is 0 Å². The molecule has 0 unspecified atom stereocenters. The van der Waals surface area contributed by atoms with Crippen LogP contribution in [0.3, 0.4) is 0 Å². The Morgan fingerprint density at radius 2 is 2.10 bits per heavy atom. The zero-order valence-corrected chi connectivity index (χ0v) is 13.4. The lowest BCUT2D eigenvalue weighted by atomic mass is 9.85. The first-order valence-corrected chi connectivity index (χ1v) is 8.05. The summed E-state index contributed by atoms with van der Waals surface area (Å²) in [5.74, 6) is 2.03. The van der Waals surface area contributed by atoms with Crippen molar-refractivity contribution in [1.29, 1.82) is 0 Å². The molecule has 0 aromatic carbocycles. The molecule has 1 aliphatic rings. The summed E-state index contributed by atoms with van der Waals surface area (Å²) in [6.45, 7) is 11.8. The first kappa shape index (κ1) is 15.3. The summed E-state index contributed by atoms with van der Waals surface area (Å²) in [6, 6.07) is 4.93. The lowest BCUT2D eigenvalue weighted by molar-refractivity contribution is 0.318. The third-order valence-electron chi connectivity index (χ3n) is 4.29. The number of nitrogens with one attached hydrogen (secondary N) is 1. The minimum absolute atomic E-state index is 0.514. The fourth-order valence-corrected chi connectivity index (χ4v) is 2.63. The minimum atomic E-state index is 0.514. The largest absolute Gasteiger partial charge is 0.357 e. The van der Waals surface area contributed by atoms with Crippen LogP contribution in [0.5, 0.6) is 0 Å². The number of aromatic nitrogens is 1. The van der Waals surface area contributed by atoms with E-state index in [-0.39, 0.29) is 0 Å². The third-order valence-corrected chi connectivity index (χ3v) is 4.29. The fourth-order valence-electron chi connectivity index (χ4n) is 2.63. The van der Waals surface area contributed by atoms with Crippen LogP contribution in [0.1, 0.15) is 51.3 Å². The Balaban J connectivity index is 2.01. The molecule has 1 N–H and O–H groups in total. The summed E-state index contributed by atoms with van der Waals surface area (Å²) in [6.07, 6.45) is 4.20. The Morgan fingerprint density at radius 3 is 2.60 bits per heavy atom. The van der Waals surface area contributed by atoms with Crippen LogP contribution >= 0.6 is 0 Å². The van der Waals surface area contributed by atoms with Gasteiger partial charge >= 0.3 is 0 Å². The molecule has 1 aromatic rings. The molecule has 3 nitrogen and oxygen atoms in total. The summed E-state index contributed by atoms with van der Waals surface area (Å²) in [5.41, 5.74) is 2.46. The summed E-state index contributed by atoms with van der Waals surface area (Å²) < 4.78 is 0. The van der Waals surface area contributed by atoms with E-state index in [1.54, 1.807) is 0 Å². The van der Waals surface area contributed by atoms with Crippen LogP contribution < -0.4 is 10.2 Å². The Hall–Kier alpha value is -1.09. The third kappa shape index (κ3) is 3.95. The smallest absolute Gasteiger partial charge is 0.128 e. The molecule has 3 heteroatoms. The van der Waals surface area contributed by atoms with E-state index in [1.807, 2.05) is 0 Å². The summed E-state index contributed by atoms with van der Waals surface area (Å²) in [7, 11) is 0. The van der Waals surface area contributed by atoms with Crippen LogP contribution in [0.15, 0.2) is 12.1 Å². The number of hydrogen-bond acceptors (Lipinski definition) is 3. The van der Waals surface area contributed by atoms with Crippen molar-refractivity contribution in [2.75, 3.05) is 18.0 Å². The van der Waals surface area contributed by atoms with Gasteiger partial charge in [0.2, 0.25) is 0 Å². The van der Waals surface area contributed by atoms with E-state index >= 15 is 0 Å². The summed E-state index contributed by atoms with van der Waals surface area (Å²) >= 11 is 0. The topological polar surface area (TPSA) is 28.2 Å². The molecule has 112 valence electrons. The van der Waals surface area contributed by atoms with E-state index in [1.165, 1.54) is 31.4 Å². The average molecular weight is 275 g/mol. The molecule has 0 radical (unpaired) electrons. The standard InChI is InChI=1S/C17H29N3/c1-5-20(12-15-7-6-8-15)17-10-9-16(14(4)19-17)11-18-13(2)3/h9-10,13,15,18H,5-8,11-12H2,1-4H3. The molecule has 1 aromatic heterocycles. The second-order valence-corrected chi connectivity index (χ2v) is 6.29. The van der Waals surface area contributed by atoms with Crippen LogP contribution in [0, 0.1) is 12.8 Å². The van der Waals surface area contributed by atoms with Gasteiger partial charge in [-0.2, -0.15) is 0 Å². The van der Waals surface area contributed by atoms with E-state index in [4.69, 9.17) is 4.98 Å². The Morgan fingerprint density at radius 1 is 1.35 bits per heavy atom. The van der Waals surface area contributed by atoms with Crippen molar-refractivity contribution >= 4 is 5.82 Å². The quantitative estimate of drug-likeness (QED) is 0.825. The highest BCUT2D eigenvalue weighted by molar-refractivity contribution is 5.41. The maximum absolute atomic E-state index is 4.82. The van der Waals surface area contributed by atoms with Crippen molar-refractivity contribution < 1.29 is 0 Å². The number of hydrogen-bond donors (Lipinski definition) is 1. The monoisotopic (exact) mass is 275 g/mol. The molecule has 0 saturated heterocycles. The highest BCUT2D eigenvalue weighted by Crippen LogP contribution is 2.28. The van der Waals surface area contributed by atoms with Crippen molar-refractivity contribution in [1.82, 2.24) is 10.3 Å². The first-order chi connectivity index (χ1) is 9.60. The highest BCUT2D eigenvalue weighted by atomic mass is 15.2. The molecule has 20 heavy (non-hydrogen) atoms. The fraction of sp³-hybridized carbons (Fsp3) is 0.706. The normalized spacial score (nSPS) is 15.4. The van der Waals surface area contributed by atoms with Gasteiger partial charge in [-0.1, -0.05) is 26.3 Å². The van der Waals surface area contributed by atoms with Crippen molar-refractivity contribution in [3.63, 3.8) is 0 Å². The molecule has 0 amide bonds. The van der Waals surface area contributed by atoms with Crippen molar-refractivity contribution in [3.8, 4) is 0 Å². The van der Waals surface area contributed by atoms with Gasteiger partial charge in [0.05, 0.1) is 0 Å². The zero-order valence-electron chi connectivity index (χ0n) is 13.4. The van der Waals surface area contributed by atoms with Gasteiger partial charge in [-0.05, 0) is 44.2 Å². The first-order valence-electron chi connectivity index (χ1n) is 8.05. The Bertz CT molecular complexity index is 424. The molecule has 1 saturated carbocycles. The maximum Gasteiger partial charge on any atom is 0.128 e. The van der Waals surface area contributed by atoms with Gasteiger partial charge in [0.1, 0.15) is 5.82 Å². The SMILES string of the molecule is CCN(CC1CCC1)c1ccc(CNC(C)C)c(C)n1. The van der Waals surface area contributed by atoms with Gasteiger partial charge in [-0.15, -0.1) is 0 Å². The predicted molar refractivity (Wildman–Crippen MR) is 86.2 cm³/mol. The Kier molecular flexibility index (Phi) is 5.41. The maximum atomic E-state index is 4.82. The lowest BCUT2D eigenvalue weighted by Gasteiger charge is -2.32. The van der Waals surface area contributed by atoms with Gasteiger partial charge in [0, 0.05) is 31.4 Å². The van der Waals surface area contributed by atoms with E-state index < -0.39 is 0 Å². The predicted octanol–water partition coefficient (Wildman–Crippen LogP) is 3.51. The number of anilines is 1. The second kappa shape index (κ2) is 7.07. The van der Waals surface area contributed by atoms with E-state index in [2.05, 4.69) is 50.0 Å². The lowest BCUT2D eigenvalue weighted by Crippen LogP contribution is -2.33. The molecule has 1 fully saturated rings. The van der Waals surface area contributed by atoms with Gasteiger partial charge in [0.15, 0.2) is 0 Å². The van der Waals surface area contributed by atoms with Gasteiger partial charge < -0.3 is 10.2 Å². The van der Waals surface area contributed by atoms with Crippen LogP contribution in [0.2, 0.25) is 0 Å². The summed E-state index contributed by atoms with van der Waals surface area (Å²) in [5, 5.41) is 3.46. The molecule has 0 aliphatic heterocycles. The van der Waals surface area contributed by atoms with E-state index in [0.717, 1.165) is 30.5 Å². The Labute approximate surface area is 123 Å². The molecule has 1 heterocycles. The highest BCUT2D eigenvalue weighted by Gasteiger charge is 2.20. The number of nitrogens with zero attached hydrogens (tertiary/aromatic N) is 2. The van der Waals surface area contributed by atoms with Crippen molar-refractivity contribution in [2.45, 2.75) is 59.5 Å². The molecular formula is C17H29N3. The molecule has 0 atom stereocenters. The van der Waals surface area contributed by atoms with Crippen LogP contribution in [-0.2, 0) is 6.54 Å². The number of aryl methyl sites for hydroxylation is 1. The summed E-state index contributed by atoms with van der Waals surface area (Å²) in [4.78, 5) is 7.25. The van der Waals surface area contributed by atoms with E-state index in [0.29, 0.717) is 6.04 Å². The molecule has 0 bridgehead atoms. The van der Waals surface area contributed by atoms with Crippen LogP contribution in [0.4, 0.5) is 5.82 Å². The van der Waals surface area contributed by atoms with Crippen molar-refractivity contribution in [2.24, 2.45) is 5.92 Å². The van der Waals surface area contributed by atoms with Gasteiger partial charge in [-0.25, -0.2) is 4.98 Å². The molecule has 1 aliphatic carbocycles. The molecular weight excluding hydrogens is 246 g/mol.